The molecule has 1 N–H and O–H groups in total. The van der Waals surface area contributed by atoms with Gasteiger partial charge >= 0.3 is 0 Å². The third-order valence-electron chi connectivity index (χ3n) is 5.67. The molecule has 1 fully saturated rings. The maximum Gasteiger partial charge on any atom is 0.293 e. The molecule has 4 rings (SSSR count). The summed E-state index contributed by atoms with van der Waals surface area (Å²) in [4.78, 5) is 45.9. The SMILES string of the molecule is O=COC(CCN1CCCC1=O)C(=O)c1cnc2cc(Cc3ccc(F)cc3)cnc2c1O. The number of hydrogen-bond donors (Lipinski definition) is 1. The molecule has 0 spiro atoms. The van der Waals surface area contributed by atoms with E-state index in [9.17, 15) is 23.9 Å². The lowest BCUT2D eigenvalue weighted by atomic mass is 10.0. The van der Waals surface area contributed by atoms with Gasteiger partial charge in [-0.15, -0.1) is 0 Å². The van der Waals surface area contributed by atoms with Crippen molar-refractivity contribution in [3.63, 3.8) is 0 Å². The number of carbonyl (C=O) groups is 3. The molecule has 1 atom stereocenters. The Morgan fingerprint density at radius 1 is 1.21 bits per heavy atom. The van der Waals surface area contributed by atoms with Crippen LogP contribution in [0.25, 0.3) is 11.0 Å². The van der Waals surface area contributed by atoms with Gasteiger partial charge in [-0.2, -0.15) is 0 Å². The summed E-state index contributed by atoms with van der Waals surface area (Å²) in [5.41, 5.74) is 2.11. The van der Waals surface area contributed by atoms with Crippen molar-refractivity contribution in [2.75, 3.05) is 13.1 Å². The maximum atomic E-state index is 13.1. The van der Waals surface area contributed by atoms with Gasteiger partial charge in [-0.3, -0.25) is 24.4 Å². The summed E-state index contributed by atoms with van der Waals surface area (Å²) in [6.45, 7) is 1.06. The predicted molar refractivity (Wildman–Crippen MR) is 116 cm³/mol. The van der Waals surface area contributed by atoms with Gasteiger partial charge in [-0.25, -0.2) is 4.39 Å². The first-order valence-corrected chi connectivity index (χ1v) is 10.6. The Balaban J connectivity index is 1.54. The number of ketones is 1. The zero-order valence-electron chi connectivity index (χ0n) is 17.7. The number of Topliss-reactive ketones (excluding diaryl/α,β-unsaturated/α-hetero) is 1. The molecule has 1 aliphatic rings. The molecule has 170 valence electrons. The van der Waals surface area contributed by atoms with E-state index in [1.807, 2.05) is 0 Å². The van der Waals surface area contributed by atoms with E-state index >= 15 is 0 Å². The van der Waals surface area contributed by atoms with E-state index in [1.165, 1.54) is 18.3 Å². The summed E-state index contributed by atoms with van der Waals surface area (Å²) in [7, 11) is 0. The second kappa shape index (κ2) is 9.72. The second-order valence-electron chi connectivity index (χ2n) is 7.89. The van der Waals surface area contributed by atoms with Crippen LogP contribution in [0.1, 0.15) is 40.7 Å². The number of nitrogens with zero attached hydrogens (tertiary/aromatic N) is 3. The van der Waals surface area contributed by atoms with Gasteiger partial charge in [-0.1, -0.05) is 12.1 Å². The molecule has 8 nitrogen and oxygen atoms in total. The molecule has 9 heteroatoms. The minimum absolute atomic E-state index is 0.00293. The predicted octanol–water partition coefficient (Wildman–Crippen LogP) is 2.80. The smallest absolute Gasteiger partial charge is 0.293 e. The average molecular weight is 451 g/mol. The van der Waals surface area contributed by atoms with Gasteiger partial charge in [-0.05, 0) is 42.2 Å². The van der Waals surface area contributed by atoms with Crippen LogP contribution in [0.4, 0.5) is 4.39 Å². The molecule has 3 aromatic rings. The second-order valence-corrected chi connectivity index (χ2v) is 7.89. The van der Waals surface area contributed by atoms with E-state index in [0.29, 0.717) is 24.9 Å². The number of pyridine rings is 2. The van der Waals surface area contributed by atoms with E-state index in [2.05, 4.69) is 9.97 Å². The van der Waals surface area contributed by atoms with E-state index in [1.54, 1.807) is 29.3 Å². The molecule has 1 unspecified atom stereocenters. The van der Waals surface area contributed by atoms with E-state index in [0.717, 1.165) is 17.5 Å². The Labute approximate surface area is 189 Å². The number of fused-ring (bicyclic) bond motifs is 1. The summed E-state index contributed by atoms with van der Waals surface area (Å²) in [6, 6.07) is 7.84. The lowest BCUT2D eigenvalue weighted by Crippen LogP contribution is -2.32. The third kappa shape index (κ3) is 4.97. The van der Waals surface area contributed by atoms with Crippen molar-refractivity contribution in [1.29, 1.82) is 0 Å². The summed E-state index contributed by atoms with van der Waals surface area (Å²) in [5, 5.41) is 10.7. The van der Waals surface area contributed by atoms with Crippen LogP contribution in [-0.2, 0) is 20.7 Å². The molecule has 0 radical (unpaired) electrons. The third-order valence-corrected chi connectivity index (χ3v) is 5.67. The van der Waals surface area contributed by atoms with Crippen molar-refractivity contribution in [2.24, 2.45) is 0 Å². The quantitative estimate of drug-likeness (QED) is 0.393. The number of aromatic nitrogens is 2. The van der Waals surface area contributed by atoms with Gasteiger partial charge in [0.1, 0.15) is 11.3 Å². The van der Waals surface area contributed by atoms with Crippen LogP contribution >= 0.6 is 0 Å². The highest BCUT2D eigenvalue weighted by atomic mass is 19.1. The molecule has 1 amide bonds. The van der Waals surface area contributed by atoms with Gasteiger partial charge in [0.25, 0.3) is 6.47 Å². The van der Waals surface area contributed by atoms with Crippen LogP contribution in [0.3, 0.4) is 0 Å². The van der Waals surface area contributed by atoms with Crippen molar-refractivity contribution < 1.29 is 28.6 Å². The van der Waals surface area contributed by atoms with E-state index < -0.39 is 11.9 Å². The summed E-state index contributed by atoms with van der Waals surface area (Å²) in [5.74, 6) is -1.28. The number of amides is 1. The number of ether oxygens (including phenoxy) is 1. The molecular weight excluding hydrogens is 429 g/mol. The molecule has 0 aliphatic carbocycles. The van der Waals surface area contributed by atoms with Gasteiger partial charge in [0, 0.05) is 38.3 Å². The highest BCUT2D eigenvalue weighted by molar-refractivity contribution is 6.05. The van der Waals surface area contributed by atoms with Crippen molar-refractivity contribution >= 4 is 29.2 Å². The van der Waals surface area contributed by atoms with Crippen LogP contribution in [-0.4, -0.2) is 57.3 Å². The Hall–Kier alpha value is -3.88. The van der Waals surface area contributed by atoms with Gasteiger partial charge in [0.15, 0.2) is 11.9 Å². The normalized spacial score (nSPS) is 14.5. The van der Waals surface area contributed by atoms with Crippen LogP contribution in [0, 0.1) is 5.82 Å². The minimum atomic E-state index is -1.15. The molecule has 1 saturated heterocycles. The first-order chi connectivity index (χ1) is 16.0. The lowest BCUT2D eigenvalue weighted by molar-refractivity contribution is -0.132. The topological polar surface area (TPSA) is 110 Å². The molecule has 33 heavy (non-hydrogen) atoms. The summed E-state index contributed by atoms with van der Waals surface area (Å²) in [6.07, 6.45) is 3.47. The van der Waals surface area contributed by atoms with Gasteiger partial charge in [0.05, 0.1) is 11.1 Å². The number of likely N-dealkylation sites (tertiary alicyclic amines) is 1. The van der Waals surface area contributed by atoms with Crippen molar-refractivity contribution in [3.05, 3.63) is 65.2 Å². The average Bonchev–Trinajstić information content (AvgIpc) is 3.22. The fraction of sp³-hybridized carbons (Fsp3) is 0.292. The Kier molecular flexibility index (Phi) is 6.58. The summed E-state index contributed by atoms with van der Waals surface area (Å²) < 4.78 is 18.1. The van der Waals surface area contributed by atoms with Crippen LogP contribution in [0.5, 0.6) is 5.75 Å². The number of rotatable bonds is 9. The fourth-order valence-corrected chi connectivity index (χ4v) is 3.93. The van der Waals surface area contributed by atoms with Crippen LogP contribution in [0.2, 0.25) is 0 Å². The summed E-state index contributed by atoms with van der Waals surface area (Å²) >= 11 is 0. The monoisotopic (exact) mass is 451 g/mol. The van der Waals surface area contributed by atoms with Crippen LogP contribution in [0.15, 0.2) is 42.7 Å². The Morgan fingerprint density at radius 2 is 2.00 bits per heavy atom. The highest BCUT2D eigenvalue weighted by Crippen LogP contribution is 2.28. The molecule has 0 bridgehead atoms. The first-order valence-electron chi connectivity index (χ1n) is 10.6. The Bertz CT molecular complexity index is 1200. The number of benzene rings is 1. The molecule has 2 aromatic heterocycles. The molecule has 1 aliphatic heterocycles. The van der Waals surface area contributed by atoms with Gasteiger partial charge < -0.3 is 14.7 Å². The van der Waals surface area contributed by atoms with Crippen LogP contribution < -0.4 is 0 Å². The van der Waals surface area contributed by atoms with E-state index in [4.69, 9.17) is 4.74 Å². The van der Waals surface area contributed by atoms with Crippen molar-refractivity contribution in [2.45, 2.75) is 31.8 Å². The zero-order chi connectivity index (χ0) is 23.4. The lowest BCUT2D eigenvalue weighted by Gasteiger charge is -2.20. The fourth-order valence-electron chi connectivity index (χ4n) is 3.93. The minimum Gasteiger partial charge on any atom is -0.505 e. The van der Waals surface area contributed by atoms with Crippen molar-refractivity contribution in [1.82, 2.24) is 14.9 Å². The number of aromatic hydroxyl groups is 1. The highest BCUT2D eigenvalue weighted by Gasteiger charge is 2.28. The van der Waals surface area contributed by atoms with E-state index in [-0.39, 0.29) is 48.0 Å². The molecular formula is C24H22FN3O5. The molecule has 3 heterocycles. The molecule has 0 saturated carbocycles. The largest absolute Gasteiger partial charge is 0.505 e. The number of hydrogen-bond acceptors (Lipinski definition) is 7. The standard InChI is InChI=1S/C24H22FN3O5/c25-17-5-3-15(4-6-17)10-16-11-19-22(27-12-16)24(32)18(13-26-19)23(31)20(33-14-29)7-9-28-8-1-2-21(28)30/h3-6,11-14,20H,1-2,7-10H2,(H,26,32). The molecule has 1 aromatic carbocycles. The number of carbonyl (C=O) groups excluding carboxylic acids is 3. The Morgan fingerprint density at radius 3 is 2.70 bits per heavy atom. The first kappa shape index (κ1) is 22.3. The number of halogens is 1. The maximum absolute atomic E-state index is 13.1. The van der Waals surface area contributed by atoms with Gasteiger partial charge in [0.2, 0.25) is 11.7 Å². The van der Waals surface area contributed by atoms with Crippen molar-refractivity contribution in [3.8, 4) is 5.75 Å². The zero-order valence-corrected chi connectivity index (χ0v) is 17.7.